The van der Waals surface area contributed by atoms with Gasteiger partial charge in [-0.1, -0.05) is 13.8 Å². The number of hydrogen-bond acceptors (Lipinski definition) is 1. The third-order valence-corrected chi connectivity index (χ3v) is 2.26. The van der Waals surface area contributed by atoms with E-state index >= 15 is 0 Å². The number of hydrogen-bond donors (Lipinski definition) is 0. The molecule has 1 saturated heterocycles. The van der Waals surface area contributed by atoms with Gasteiger partial charge in [-0.25, -0.2) is 0 Å². The molecule has 0 N–H and O–H groups in total. The molecule has 8 heavy (non-hydrogen) atoms. The summed E-state index contributed by atoms with van der Waals surface area (Å²) in [5.74, 6) is 1.53. The molecule has 0 amide bonds. The van der Waals surface area contributed by atoms with Crippen molar-refractivity contribution in [2.24, 2.45) is 11.8 Å². The van der Waals surface area contributed by atoms with E-state index in [-0.39, 0.29) is 0 Å². The Morgan fingerprint density at radius 3 is 2.00 bits per heavy atom. The lowest BCUT2D eigenvalue weighted by Crippen LogP contribution is -2.10. The molecule has 1 heteroatoms. The molecule has 1 aliphatic heterocycles. The summed E-state index contributed by atoms with van der Waals surface area (Å²) in [4.78, 5) is 0. The van der Waals surface area contributed by atoms with Crippen LogP contribution in [0.2, 0.25) is 0 Å². The Hall–Kier alpha value is -0.0400. The Morgan fingerprint density at radius 1 is 1.25 bits per heavy atom. The van der Waals surface area contributed by atoms with Crippen LogP contribution in [0.5, 0.6) is 0 Å². The summed E-state index contributed by atoms with van der Waals surface area (Å²) in [6, 6.07) is 0. The first-order valence-corrected chi connectivity index (χ1v) is 3.33. The second-order valence-electron chi connectivity index (χ2n) is 2.87. The van der Waals surface area contributed by atoms with Crippen molar-refractivity contribution in [3.63, 3.8) is 0 Å². The van der Waals surface area contributed by atoms with E-state index in [1.807, 2.05) is 0 Å². The van der Waals surface area contributed by atoms with Crippen LogP contribution >= 0.6 is 0 Å². The first-order valence-electron chi connectivity index (χ1n) is 3.33. The zero-order chi connectivity index (χ0) is 6.15. The molecule has 3 atom stereocenters. The van der Waals surface area contributed by atoms with Crippen molar-refractivity contribution in [1.29, 1.82) is 0 Å². The molecule has 1 unspecified atom stereocenters. The second-order valence-corrected chi connectivity index (χ2v) is 2.87. The van der Waals surface area contributed by atoms with Crippen LogP contribution < -0.4 is 0 Å². The minimum absolute atomic E-state index is 0.491. The molecule has 0 saturated carbocycles. The molecule has 1 nitrogen and oxygen atoms in total. The maximum atomic E-state index is 5.38. The monoisotopic (exact) mass is 114 g/mol. The van der Waals surface area contributed by atoms with Gasteiger partial charge in [-0.3, -0.25) is 0 Å². The van der Waals surface area contributed by atoms with Crippen molar-refractivity contribution in [3.8, 4) is 0 Å². The highest BCUT2D eigenvalue weighted by Crippen LogP contribution is 2.24. The van der Waals surface area contributed by atoms with Gasteiger partial charge in [0.25, 0.3) is 0 Å². The van der Waals surface area contributed by atoms with Gasteiger partial charge in [0.15, 0.2) is 0 Å². The number of rotatable bonds is 0. The van der Waals surface area contributed by atoms with Crippen LogP contribution in [0.25, 0.3) is 0 Å². The van der Waals surface area contributed by atoms with E-state index in [9.17, 15) is 0 Å². The fourth-order valence-electron chi connectivity index (χ4n) is 1.07. The smallest absolute Gasteiger partial charge is 0.0576 e. The summed E-state index contributed by atoms with van der Waals surface area (Å²) in [6.45, 7) is 7.60. The van der Waals surface area contributed by atoms with Gasteiger partial charge in [-0.15, -0.1) is 0 Å². The Kier molecular flexibility index (Phi) is 1.57. The second kappa shape index (κ2) is 2.06. The molecule has 48 valence electrons. The van der Waals surface area contributed by atoms with Crippen molar-refractivity contribution in [2.75, 3.05) is 6.61 Å². The van der Waals surface area contributed by atoms with Gasteiger partial charge in [0.2, 0.25) is 0 Å². The molecule has 1 rings (SSSR count). The van der Waals surface area contributed by atoms with Gasteiger partial charge in [0, 0.05) is 6.61 Å². The largest absolute Gasteiger partial charge is 0.378 e. The van der Waals surface area contributed by atoms with Crippen LogP contribution in [0, 0.1) is 11.8 Å². The van der Waals surface area contributed by atoms with E-state index < -0.39 is 0 Å². The van der Waals surface area contributed by atoms with Crippen molar-refractivity contribution < 1.29 is 4.74 Å². The summed E-state index contributed by atoms with van der Waals surface area (Å²) in [6.07, 6.45) is 0.491. The third kappa shape index (κ3) is 0.873. The molecule has 0 aromatic carbocycles. The topological polar surface area (TPSA) is 9.23 Å². The van der Waals surface area contributed by atoms with E-state index in [1.54, 1.807) is 0 Å². The summed E-state index contributed by atoms with van der Waals surface area (Å²) in [5, 5.41) is 0. The van der Waals surface area contributed by atoms with Crippen LogP contribution in [0.15, 0.2) is 0 Å². The van der Waals surface area contributed by atoms with Gasteiger partial charge in [0.1, 0.15) is 0 Å². The van der Waals surface area contributed by atoms with Crippen LogP contribution in [-0.2, 0) is 4.74 Å². The summed E-state index contributed by atoms with van der Waals surface area (Å²) in [7, 11) is 0. The highest BCUT2D eigenvalue weighted by Gasteiger charge is 2.26. The van der Waals surface area contributed by atoms with Gasteiger partial charge < -0.3 is 4.74 Å². The zero-order valence-electron chi connectivity index (χ0n) is 5.85. The van der Waals surface area contributed by atoms with Crippen molar-refractivity contribution in [2.45, 2.75) is 26.9 Å². The zero-order valence-corrected chi connectivity index (χ0v) is 5.85. The van der Waals surface area contributed by atoms with Crippen molar-refractivity contribution >= 4 is 0 Å². The Labute approximate surface area is 51.0 Å². The van der Waals surface area contributed by atoms with Crippen LogP contribution in [0.4, 0.5) is 0 Å². The molecule has 0 bridgehead atoms. The Balaban J connectivity index is 2.44. The molecular formula is C7H14O. The van der Waals surface area contributed by atoms with E-state index in [1.165, 1.54) is 0 Å². The lowest BCUT2D eigenvalue weighted by atomic mass is 9.96. The van der Waals surface area contributed by atoms with Gasteiger partial charge >= 0.3 is 0 Å². The average molecular weight is 114 g/mol. The van der Waals surface area contributed by atoms with E-state index in [4.69, 9.17) is 4.74 Å². The molecule has 1 aliphatic rings. The van der Waals surface area contributed by atoms with Crippen LogP contribution in [0.3, 0.4) is 0 Å². The average Bonchev–Trinajstić information content (AvgIpc) is 1.98. The minimum atomic E-state index is 0.491. The molecule has 0 aromatic heterocycles. The summed E-state index contributed by atoms with van der Waals surface area (Å²) in [5.41, 5.74) is 0. The molecular weight excluding hydrogens is 100 g/mol. The van der Waals surface area contributed by atoms with Gasteiger partial charge in [-0.05, 0) is 18.8 Å². The maximum Gasteiger partial charge on any atom is 0.0576 e. The standard InChI is InChI=1S/C7H14O/c1-5-4-8-7(3)6(5)2/h5-7H,4H2,1-3H3/t5-,6-,7?/m0/s1. The fraction of sp³-hybridized carbons (Fsp3) is 1.00. The first-order chi connectivity index (χ1) is 3.72. The van der Waals surface area contributed by atoms with Gasteiger partial charge in [-0.2, -0.15) is 0 Å². The highest BCUT2D eigenvalue weighted by molar-refractivity contribution is 4.73. The molecule has 1 fully saturated rings. The van der Waals surface area contributed by atoms with E-state index in [0.717, 1.165) is 18.4 Å². The molecule has 1 heterocycles. The lowest BCUT2D eigenvalue weighted by molar-refractivity contribution is 0.108. The van der Waals surface area contributed by atoms with E-state index in [2.05, 4.69) is 20.8 Å². The van der Waals surface area contributed by atoms with Crippen LogP contribution in [0.1, 0.15) is 20.8 Å². The van der Waals surface area contributed by atoms with E-state index in [0.29, 0.717) is 6.10 Å². The Morgan fingerprint density at radius 2 is 1.88 bits per heavy atom. The van der Waals surface area contributed by atoms with Crippen molar-refractivity contribution in [1.82, 2.24) is 0 Å². The predicted molar refractivity (Wildman–Crippen MR) is 33.7 cm³/mol. The molecule has 0 aromatic rings. The normalized spacial score (nSPS) is 47.6. The lowest BCUT2D eigenvalue weighted by Gasteiger charge is -2.09. The van der Waals surface area contributed by atoms with Crippen LogP contribution in [-0.4, -0.2) is 12.7 Å². The SMILES string of the molecule is CC1OC[C@H](C)[C@@H]1C. The summed E-state index contributed by atoms with van der Waals surface area (Å²) < 4.78 is 5.38. The molecule has 0 radical (unpaired) electrons. The minimum Gasteiger partial charge on any atom is -0.378 e. The van der Waals surface area contributed by atoms with Crippen molar-refractivity contribution in [3.05, 3.63) is 0 Å². The summed E-state index contributed by atoms with van der Waals surface area (Å²) >= 11 is 0. The highest BCUT2D eigenvalue weighted by atomic mass is 16.5. The molecule has 0 spiro atoms. The predicted octanol–water partition coefficient (Wildman–Crippen LogP) is 1.68. The first kappa shape index (κ1) is 6.09. The maximum absolute atomic E-state index is 5.38. The third-order valence-electron chi connectivity index (χ3n) is 2.26. The van der Waals surface area contributed by atoms with Gasteiger partial charge in [0.05, 0.1) is 6.10 Å². The quantitative estimate of drug-likeness (QED) is 0.465. The Bertz CT molecular complexity index is 70.5. The molecule has 0 aliphatic carbocycles. The number of ether oxygens (including phenoxy) is 1. The fourth-order valence-corrected chi connectivity index (χ4v) is 1.07.